The lowest BCUT2D eigenvalue weighted by molar-refractivity contribution is 0.799. The van der Waals surface area contributed by atoms with E-state index in [1.54, 1.807) is 10.9 Å². The van der Waals surface area contributed by atoms with Crippen molar-refractivity contribution < 1.29 is 0 Å². The molecule has 0 unspecified atom stereocenters. The Balaban J connectivity index is 2.20. The molecule has 0 atom stereocenters. The second kappa shape index (κ2) is 5.32. The first-order chi connectivity index (χ1) is 10.2. The van der Waals surface area contributed by atoms with E-state index in [-0.39, 0.29) is 5.92 Å². The molecule has 0 aliphatic rings. The van der Waals surface area contributed by atoms with Gasteiger partial charge in [0.15, 0.2) is 0 Å². The minimum atomic E-state index is 0.209. The van der Waals surface area contributed by atoms with Crippen LogP contribution in [-0.2, 0) is 0 Å². The number of para-hydroxylation sites is 1. The van der Waals surface area contributed by atoms with Crippen molar-refractivity contribution in [1.82, 2.24) is 25.0 Å². The van der Waals surface area contributed by atoms with Gasteiger partial charge < -0.3 is 5.73 Å². The van der Waals surface area contributed by atoms with Gasteiger partial charge in [0.2, 0.25) is 0 Å². The summed E-state index contributed by atoms with van der Waals surface area (Å²) in [5, 5.41) is 8.18. The molecule has 0 aliphatic carbocycles. The molecule has 0 bridgehead atoms. The number of aromatic nitrogens is 5. The van der Waals surface area contributed by atoms with E-state index in [0.717, 1.165) is 22.6 Å². The highest BCUT2D eigenvalue weighted by Crippen LogP contribution is 2.30. The molecule has 1 aromatic carbocycles. The molecule has 106 valence electrons. The predicted octanol–water partition coefficient (Wildman–Crippen LogP) is 2.43. The molecule has 6 nitrogen and oxygen atoms in total. The molecular weight excluding hydrogens is 264 g/mol. The van der Waals surface area contributed by atoms with E-state index in [0.29, 0.717) is 5.82 Å². The first-order valence-electron chi connectivity index (χ1n) is 6.75. The van der Waals surface area contributed by atoms with Crippen LogP contribution in [0.5, 0.6) is 0 Å². The van der Waals surface area contributed by atoms with Gasteiger partial charge >= 0.3 is 0 Å². The van der Waals surface area contributed by atoms with Crippen LogP contribution in [0.3, 0.4) is 0 Å². The summed E-state index contributed by atoms with van der Waals surface area (Å²) in [5.41, 5.74) is 9.43. The summed E-state index contributed by atoms with van der Waals surface area (Å²) in [6, 6.07) is 9.81. The molecular formula is C15H16N6. The average Bonchev–Trinajstić information content (AvgIpc) is 2.96. The minimum absolute atomic E-state index is 0.209. The molecule has 0 radical (unpaired) electrons. The van der Waals surface area contributed by atoms with Gasteiger partial charge in [0.05, 0.1) is 17.6 Å². The fourth-order valence-corrected chi connectivity index (χ4v) is 2.34. The number of benzene rings is 1. The van der Waals surface area contributed by atoms with E-state index >= 15 is 0 Å². The smallest absolute Gasteiger partial charge is 0.130 e. The third kappa shape index (κ3) is 2.35. The van der Waals surface area contributed by atoms with Gasteiger partial charge in [0.25, 0.3) is 0 Å². The van der Waals surface area contributed by atoms with Crippen molar-refractivity contribution in [3.63, 3.8) is 0 Å². The molecule has 2 heterocycles. The van der Waals surface area contributed by atoms with E-state index < -0.39 is 0 Å². The first-order valence-corrected chi connectivity index (χ1v) is 6.75. The Labute approximate surface area is 122 Å². The molecule has 3 rings (SSSR count). The maximum atomic E-state index is 6.02. The van der Waals surface area contributed by atoms with Crippen molar-refractivity contribution in [1.29, 1.82) is 0 Å². The van der Waals surface area contributed by atoms with Crippen LogP contribution in [0, 0.1) is 0 Å². The molecule has 3 aromatic rings. The Hall–Kier alpha value is -2.76. The van der Waals surface area contributed by atoms with E-state index in [1.165, 1.54) is 6.33 Å². The molecule has 0 amide bonds. The lowest BCUT2D eigenvalue weighted by atomic mass is 10.0. The number of rotatable bonds is 3. The zero-order valence-corrected chi connectivity index (χ0v) is 11.9. The highest BCUT2D eigenvalue weighted by atomic mass is 15.4. The lowest BCUT2D eigenvalue weighted by Crippen LogP contribution is -2.07. The van der Waals surface area contributed by atoms with Gasteiger partial charge in [-0.2, -0.15) is 0 Å². The van der Waals surface area contributed by atoms with Crippen molar-refractivity contribution in [2.45, 2.75) is 19.8 Å². The van der Waals surface area contributed by atoms with Crippen LogP contribution in [0.1, 0.15) is 25.3 Å². The number of nitrogens with zero attached hydrogens (tertiary/aromatic N) is 5. The summed E-state index contributed by atoms with van der Waals surface area (Å²) in [7, 11) is 0. The Bertz CT molecular complexity index is 748. The second-order valence-corrected chi connectivity index (χ2v) is 5.04. The van der Waals surface area contributed by atoms with E-state index in [2.05, 4.69) is 34.1 Å². The average molecular weight is 280 g/mol. The van der Waals surface area contributed by atoms with Crippen molar-refractivity contribution >= 4 is 5.82 Å². The highest BCUT2D eigenvalue weighted by molar-refractivity contribution is 5.66. The molecule has 0 aliphatic heterocycles. The third-order valence-corrected chi connectivity index (χ3v) is 3.28. The van der Waals surface area contributed by atoms with Crippen LogP contribution < -0.4 is 5.73 Å². The maximum absolute atomic E-state index is 6.02. The van der Waals surface area contributed by atoms with Crippen LogP contribution in [0.2, 0.25) is 0 Å². The van der Waals surface area contributed by atoms with Crippen molar-refractivity contribution in [2.24, 2.45) is 0 Å². The van der Waals surface area contributed by atoms with Crippen LogP contribution in [0.25, 0.3) is 17.1 Å². The number of nitrogen functional groups attached to an aromatic ring is 1. The van der Waals surface area contributed by atoms with Gasteiger partial charge in [-0.25, -0.2) is 14.6 Å². The van der Waals surface area contributed by atoms with E-state index in [9.17, 15) is 0 Å². The molecule has 0 spiro atoms. The molecule has 0 fully saturated rings. The number of hydrogen-bond donors (Lipinski definition) is 1. The molecule has 2 aromatic heterocycles. The van der Waals surface area contributed by atoms with Crippen molar-refractivity contribution in [3.8, 4) is 17.1 Å². The second-order valence-electron chi connectivity index (χ2n) is 5.04. The highest BCUT2D eigenvalue weighted by Gasteiger charge is 2.18. The largest absolute Gasteiger partial charge is 0.383 e. The summed E-state index contributed by atoms with van der Waals surface area (Å²) in [6.45, 7) is 4.13. The fraction of sp³-hybridized carbons (Fsp3) is 0.200. The molecule has 0 saturated heterocycles. The monoisotopic (exact) mass is 280 g/mol. The van der Waals surface area contributed by atoms with Gasteiger partial charge in [-0.15, -0.1) is 5.10 Å². The number of anilines is 1. The van der Waals surface area contributed by atoms with Crippen molar-refractivity contribution in [3.05, 3.63) is 48.4 Å². The summed E-state index contributed by atoms with van der Waals surface area (Å²) >= 11 is 0. The van der Waals surface area contributed by atoms with Gasteiger partial charge in [-0.1, -0.05) is 37.3 Å². The standard InChI is InChI=1S/C15H16N6/c1-10(2)13-14(17-9-18-15(13)16)12-8-19-20-21(12)11-6-4-3-5-7-11/h3-10H,1-2H3,(H2,16,17,18). The molecule has 2 N–H and O–H groups in total. The van der Waals surface area contributed by atoms with Crippen molar-refractivity contribution in [2.75, 3.05) is 5.73 Å². The minimum Gasteiger partial charge on any atom is -0.383 e. The zero-order valence-electron chi connectivity index (χ0n) is 11.9. The number of hydrogen-bond acceptors (Lipinski definition) is 5. The zero-order chi connectivity index (χ0) is 14.8. The Morgan fingerprint density at radius 2 is 1.86 bits per heavy atom. The summed E-state index contributed by atoms with van der Waals surface area (Å²) < 4.78 is 1.76. The normalized spacial score (nSPS) is 11.0. The Morgan fingerprint density at radius 3 is 2.57 bits per heavy atom. The van der Waals surface area contributed by atoms with E-state index in [4.69, 9.17) is 5.73 Å². The topological polar surface area (TPSA) is 82.5 Å². The summed E-state index contributed by atoms with van der Waals surface area (Å²) in [5.74, 6) is 0.705. The van der Waals surface area contributed by atoms with Crippen LogP contribution in [0.15, 0.2) is 42.9 Å². The van der Waals surface area contributed by atoms with Crippen LogP contribution >= 0.6 is 0 Å². The van der Waals surface area contributed by atoms with Gasteiger partial charge in [0.1, 0.15) is 17.8 Å². The quantitative estimate of drug-likeness (QED) is 0.796. The van der Waals surface area contributed by atoms with Gasteiger partial charge in [-0.05, 0) is 18.1 Å². The maximum Gasteiger partial charge on any atom is 0.130 e. The fourth-order valence-electron chi connectivity index (χ4n) is 2.34. The molecule has 0 saturated carbocycles. The van der Waals surface area contributed by atoms with Gasteiger partial charge in [-0.3, -0.25) is 0 Å². The van der Waals surface area contributed by atoms with Gasteiger partial charge in [0, 0.05) is 5.56 Å². The molecule has 6 heteroatoms. The SMILES string of the molecule is CC(C)c1c(N)ncnc1-c1cnnn1-c1ccccc1. The first kappa shape index (κ1) is 13.2. The predicted molar refractivity (Wildman–Crippen MR) is 80.9 cm³/mol. The third-order valence-electron chi connectivity index (χ3n) is 3.28. The van der Waals surface area contributed by atoms with Crippen LogP contribution in [-0.4, -0.2) is 25.0 Å². The Kier molecular flexibility index (Phi) is 3.35. The number of nitrogens with two attached hydrogens (primary N) is 1. The Morgan fingerprint density at radius 1 is 1.10 bits per heavy atom. The summed E-state index contributed by atoms with van der Waals surface area (Å²) in [4.78, 5) is 8.49. The van der Waals surface area contributed by atoms with Crippen LogP contribution in [0.4, 0.5) is 5.82 Å². The summed E-state index contributed by atoms with van der Waals surface area (Å²) in [6.07, 6.45) is 3.17. The lowest BCUT2D eigenvalue weighted by Gasteiger charge is -2.14. The molecule has 21 heavy (non-hydrogen) atoms. The van der Waals surface area contributed by atoms with E-state index in [1.807, 2.05) is 30.3 Å².